The molecule has 0 amide bonds. The molecule has 1 atom stereocenters. The van der Waals surface area contributed by atoms with Crippen molar-refractivity contribution in [2.45, 2.75) is 39.3 Å². The molecule has 1 unspecified atom stereocenters. The number of rotatable bonds is 6. The van der Waals surface area contributed by atoms with Gasteiger partial charge in [0.1, 0.15) is 0 Å². The molecule has 0 fully saturated rings. The minimum absolute atomic E-state index is 0.236. The van der Waals surface area contributed by atoms with E-state index in [1.165, 1.54) is 11.1 Å². The highest BCUT2D eigenvalue weighted by Gasteiger charge is 2.13. The average Bonchev–Trinajstić information content (AvgIpc) is 2.50. The van der Waals surface area contributed by atoms with Gasteiger partial charge in [0.25, 0.3) is 0 Å². The first-order valence-electron chi connectivity index (χ1n) is 7.40. The number of hydrogen-bond acceptors (Lipinski definition) is 1. The van der Waals surface area contributed by atoms with E-state index in [0.29, 0.717) is 5.02 Å². The van der Waals surface area contributed by atoms with Crippen molar-refractivity contribution in [1.29, 1.82) is 0 Å². The van der Waals surface area contributed by atoms with Crippen molar-refractivity contribution < 1.29 is 0 Å². The van der Waals surface area contributed by atoms with Crippen LogP contribution in [0.2, 0.25) is 10.0 Å². The van der Waals surface area contributed by atoms with Gasteiger partial charge >= 0.3 is 0 Å². The SMILES string of the molecule is CCc1ccccc1CNC(CC)c1ccc(Cl)cc1Cl. The monoisotopic (exact) mass is 321 g/mol. The smallest absolute Gasteiger partial charge is 0.0468 e. The standard InChI is InChI=1S/C18H21Cl2N/c1-3-13-7-5-6-8-14(13)12-21-18(4-2)16-10-9-15(19)11-17(16)20/h5-11,18,21H,3-4,12H2,1-2H3. The fraction of sp³-hybridized carbons (Fsp3) is 0.333. The lowest BCUT2D eigenvalue weighted by atomic mass is 10.0. The molecular weight excluding hydrogens is 301 g/mol. The summed E-state index contributed by atoms with van der Waals surface area (Å²) in [5, 5.41) is 5.01. The van der Waals surface area contributed by atoms with Crippen molar-refractivity contribution in [2.24, 2.45) is 0 Å². The second-order valence-corrected chi connectivity index (χ2v) is 5.97. The zero-order valence-electron chi connectivity index (χ0n) is 12.5. The quantitative estimate of drug-likeness (QED) is 0.709. The minimum atomic E-state index is 0.236. The Balaban J connectivity index is 2.12. The van der Waals surface area contributed by atoms with Gasteiger partial charge in [-0.2, -0.15) is 0 Å². The van der Waals surface area contributed by atoms with Gasteiger partial charge in [-0.3, -0.25) is 0 Å². The fourth-order valence-corrected chi connectivity index (χ4v) is 3.11. The second-order valence-electron chi connectivity index (χ2n) is 5.13. The van der Waals surface area contributed by atoms with Gasteiger partial charge in [-0.25, -0.2) is 0 Å². The first-order chi connectivity index (χ1) is 10.2. The number of aryl methyl sites for hydroxylation is 1. The maximum atomic E-state index is 6.32. The van der Waals surface area contributed by atoms with Gasteiger partial charge in [-0.1, -0.05) is 67.4 Å². The molecule has 2 aromatic rings. The lowest BCUT2D eigenvalue weighted by Gasteiger charge is -2.20. The van der Waals surface area contributed by atoms with Crippen LogP contribution in [0.5, 0.6) is 0 Å². The summed E-state index contributed by atoms with van der Waals surface area (Å²) < 4.78 is 0. The summed E-state index contributed by atoms with van der Waals surface area (Å²) in [4.78, 5) is 0. The number of nitrogens with one attached hydrogen (secondary N) is 1. The van der Waals surface area contributed by atoms with E-state index in [2.05, 4.69) is 43.4 Å². The Labute approximate surface area is 137 Å². The van der Waals surface area contributed by atoms with Crippen molar-refractivity contribution in [3.63, 3.8) is 0 Å². The maximum Gasteiger partial charge on any atom is 0.0468 e. The number of halogens is 2. The summed E-state index contributed by atoms with van der Waals surface area (Å²) in [5.74, 6) is 0. The van der Waals surface area contributed by atoms with Crippen LogP contribution in [0.4, 0.5) is 0 Å². The van der Waals surface area contributed by atoms with Gasteiger partial charge in [0.15, 0.2) is 0 Å². The molecule has 0 spiro atoms. The zero-order chi connectivity index (χ0) is 15.2. The molecule has 0 heterocycles. The predicted molar refractivity (Wildman–Crippen MR) is 92.2 cm³/mol. The van der Waals surface area contributed by atoms with Gasteiger partial charge in [0.05, 0.1) is 0 Å². The zero-order valence-corrected chi connectivity index (χ0v) is 14.0. The summed E-state index contributed by atoms with van der Waals surface area (Å²) in [6.07, 6.45) is 2.03. The van der Waals surface area contributed by atoms with Crippen molar-refractivity contribution in [1.82, 2.24) is 5.32 Å². The molecule has 21 heavy (non-hydrogen) atoms. The molecule has 0 radical (unpaired) electrons. The molecule has 2 aromatic carbocycles. The highest BCUT2D eigenvalue weighted by atomic mass is 35.5. The van der Waals surface area contributed by atoms with Gasteiger partial charge in [0.2, 0.25) is 0 Å². The van der Waals surface area contributed by atoms with Gasteiger partial charge in [-0.05, 0) is 41.7 Å². The molecule has 0 aliphatic rings. The molecule has 1 nitrogen and oxygen atoms in total. The molecule has 0 saturated heterocycles. The Morgan fingerprint density at radius 2 is 1.71 bits per heavy atom. The second kappa shape index (κ2) is 7.84. The molecular formula is C18H21Cl2N. The van der Waals surface area contributed by atoms with Crippen molar-refractivity contribution in [3.05, 3.63) is 69.2 Å². The van der Waals surface area contributed by atoms with Crippen LogP contribution in [0.15, 0.2) is 42.5 Å². The van der Waals surface area contributed by atoms with Crippen molar-refractivity contribution in [2.75, 3.05) is 0 Å². The Morgan fingerprint density at radius 3 is 2.33 bits per heavy atom. The summed E-state index contributed by atoms with van der Waals surface area (Å²) in [5.41, 5.74) is 3.85. The van der Waals surface area contributed by atoms with E-state index in [4.69, 9.17) is 23.2 Å². The Bertz CT molecular complexity index is 596. The van der Waals surface area contributed by atoms with Crippen molar-refractivity contribution >= 4 is 23.2 Å². The van der Waals surface area contributed by atoms with E-state index in [1.54, 1.807) is 0 Å². The van der Waals surface area contributed by atoms with E-state index in [-0.39, 0.29) is 6.04 Å². The molecule has 1 N–H and O–H groups in total. The lowest BCUT2D eigenvalue weighted by Crippen LogP contribution is -2.21. The first-order valence-corrected chi connectivity index (χ1v) is 8.16. The van der Waals surface area contributed by atoms with Crippen LogP contribution >= 0.6 is 23.2 Å². The molecule has 3 heteroatoms. The third-order valence-electron chi connectivity index (χ3n) is 3.78. The molecule has 0 aliphatic carbocycles. The van der Waals surface area contributed by atoms with Crippen LogP contribution in [0.3, 0.4) is 0 Å². The molecule has 0 bridgehead atoms. The van der Waals surface area contributed by atoms with Crippen LogP contribution in [0.1, 0.15) is 43.0 Å². The van der Waals surface area contributed by atoms with E-state index in [9.17, 15) is 0 Å². The van der Waals surface area contributed by atoms with Gasteiger partial charge in [0, 0.05) is 22.6 Å². The highest BCUT2D eigenvalue weighted by Crippen LogP contribution is 2.28. The normalized spacial score (nSPS) is 12.4. The molecule has 0 saturated carbocycles. The number of benzene rings is 2. The average molecular weight is 322 g/mol. The highest BCUT2D eigenvalue weighted by molar-refractivity contribution is 6.35. The molecule has 112 valence electrons. The van der Waals surface area contributed by atoms with Gasteiger partial charge < -0.3 is 5.32 Å². The summed E-state index contributed by atoms with van der Waals surface area (Å²) in [6.45, 7) is 5.20. The summed E-state index contributed by atoms with van der Waals surface area (Å²) in [7, 11) is 0. The maximum absolute atomic E-state index is 6.32. The Kier molecular flexibility index (Phi) is 6.10. The third kappa shape index (κ3) is 4.23. The largest absolute Gasteiger partial charge is 0.306 e. The minimum Gasteiger partial charge on any atom is -0.306 e. The Morgan fingerprint density at radius 1 is 1.00 bits per heavy atom. The van der Waals surface area contributed by atoms with Crippen LogP contribution in [0, 0.1) is 0 Å². The van der Waals surface area contributed by atoms with Gasteiger partial charge in [-0.15, -0.1) is 0 Å². The fourth-order valence-electron chi connectivity index (χ4n) is 2.57. The van der Waals surface area contributed by atoms with Crippen molar-refractivity contribution in [3.8, 4) is 0 Å². The van der Waals surface area contributed by atoms with Crippen LogP contribution in [-0.4, -0.2) is 0 Å². The molecule has 0 aliphatic heterocycles. The van der Waals surface area contributed by atoms with Crippen LogP contribution in [-0.2, 0) is 13.0 Å². The molecule has 0 aromatic heterocycles. The Hall–Kier alpha value is -1.02. The summed E-state index contributed by atoms with van der Waals surface area (Å²) >= 11 is 12.3. The predicted octanol–water partition coefficient (Wildman–Crippen LogP) is 5.80. The molecule has 2 rings (SSSR count). The van der Waals surface area contributed by atoms with E-state index in [0.717, 1.165) is 30.0 Å². The topological polar surface area (TPSA) is 12.0 Å². The number of hydrogen-bond donors (Lipinski definition) is 1. The third-order valence-corrected chi connectivity index (χ3v) is 4.35. The van der Waals surface area contributed by atoms with E-state index >= 15 is 0 Å². The van der Waals surface area contributed by atoms with E-state index in [1.807, 2.05) is 18.2 Å². The van der Waals surface area contributed by atoms with Crippen LogP contribution < -0.4 is 5.32 Å². The summed E-state index contributed by atoms with van der Waals surface area (Å²) in [6, 6.07) is 14.5. The van der Waals surface area contributed by atoms with E-state index < -0.39 is 0 Å². The first kappa shape index (κ1) is 16.4. The van der Waals surface area contributed by atoms with Crippen LogP contribution in [0.25, 0.3) is 0 Å². The lowest BCUT2D eigenvalue weighted by molar-refractivity contribution is 0.518.